The van der Waals surface area contributed by atoms with Crippen LogP contribution >= 0.6 is 0 Å². The Bertz CT molecular complexity index is 409. The van der Waals surface area contributed by atoms with Crippen LogP contribution in [0, 0.1) is 0 Å². The van der Waals surface area contributed by atoms with Crippen molar-refractivity contribution >= 4 is 0 Å². The summed E-state index contributed by atoms with van der Waals surface area (Å²) >= 11 is 0. The van der Waals surface area contributed by atoms with E-state index in [1.165, 1.54) is 18.4 Å². The van der Waals surface area contributed by atoms with E-state index in [1.807, 2.05) is 0 Å². The maximum Gasteiger partial charge on any atom is 0.0586 e. The molecule has 0 aliphatic carbocycles. The molecule has 2 rings (SSSR count). The SMILES string of the molecule is CCNCC(C)(CN1CCCCC1CO)c1ccccc1. The third-order valence-electron chi connectivity index (χ3n) is 4.75. The van der Waals surface area contributed by atoms with Crippen molar-refractivity contribution in [2.75, 3.05) is 32.8 Å². The Kier molecular flexibility index (Phi) is 6.22. The van der Waals surface area contributed by atoms with Crippen molar-refractivity contribution in [1.82, 2.24) is 10.2 Å². The second-order valence-electron chi connectivity index (χ2n) is 6.51. The van der Waals surface area contributed by atoms with Gasteiger partial charge in [0.2, 0.25) is 0 Å². The van der Waals surface area contributed by atoms with Gasteiger partial charge in [0.15, 0.2) is 0 Å². The molecule has 0 saturated carbocycles. The summed E-state index contributed by atoms with van der Waals surface area (Å²) in [5.74, 6) is 0. The van der Waals surface area contributed by atoms with Crippen LogP contribution in [-0.2, 0) is 5.41 Å². The first-order valence-corrected chi connectivity index (χ1v) is 8.31. The van der Waals surface area contributed by atoms with Crippen LogP contribution in [0.1, 0.15) is 38.7 Å². The summed E-state index contributed by atoms with van der Waals surface area (Å²) in [6, 6.07) is 11.1. The van der Waals surface area contributed by atoms with Crippen LogP contribution in [0.2, 0.25) is 0 Å². The molecule has 1 fully saturated rings. The molecule has 2 N–H and O–H groups in total. The van der Waals surface area contributed by atoms with Crippen molar-refractivity contribution in [2.24, 2.45) is 0 Å². The van der Waals surface area contributed by atoms with E-state index < -0.39 is 0 Å². The van der Waals surface area contributed by atoms with Crippen LogP contribution in [-0.4, -0.2) is 48.8 Å². The Labute approximate surface area is 129 Å². The van der Waals surface area contributed by atoms with E-state index in [-0.39, 0.29) is 12.0 Å². The first kappa shape index (κ1) is 16.5. The molecular weight excluding hydrogens is 260 g/mol. The van der Waals surface area contributed by atoms with Crippen LogP contribution in [0.3, 0.4) is 0 Å². The standard InChI is InChI=1S/C18H30N2O/c1-3-19-14-18(2,16-9-5-4-6-10-16)15-20-12-8-7-11-17(20)13-21/h4-6,9-10,17,19,21H,3,7-8,11-15H2,1-2H3. The molecule has 1 aliphatic heterocycles. The fourth-order valence-corrected chi connectivity index (χ4v) is 3.41. The maximum atomic E-state index is 9.65. The highest BCUT2D eigenvalue weighted by atomic mass is 16.3. The van der Waals surface area contributed by atoms with Crippen molar-refractivity contribution in [3.63, 3.8) is 0 Å². The van der Waals surface area contributed by atoms with Crippen LogP contribution < -0.4 is 5.32 Å². The van der Waals surface area contributed by atoms with Crippen molar-refractivity contribution in [3.05, 3.63) is 35.9 Å². The van der Waals surface area contributed by atoms with Gasteiger partial charge in [0.25, 0.3) is 0 Å². The summed E-state index contributed by atoms with van der Waals surface area (Å²) in [5.41, 5.74) is 1.47. The van der Waals surface area contributed by atoms with Gasteiger partial charge in [-0.2, -0.15) is 0 Å². The first-order chi connectivity index (χ1) is 10.2. The van der Waals surface area contributed by atoms with Gasteiger partial charge in [-0.15, -0.1) is 0 Å². The second kappa shape index (κ2) is 7.92. The van der Waals surface area contributed by atoms with Crippen molar-refractivity contribution < 1.29 is 5.11 Å². The number of piperidine rings is 1. The number of hydrogen-bond acceptors (Lipinski definition) is 3. The summed E-state index contributed by atoms with van der Waals surface area (Å²) in [4.78, 5) is 2.49. The van der Waals surface area contributed by atoms with Crippen LogP contribution in [0.25, 0.3) is 0 Å². The Balaban J connectivity index is 2.15. The van der Waals surface area contributed by atoms with Gasteiger partial charge in [-0.05, 0) is 31.5 Å². The summed E-state index contributed by atoms with van der Waals surface area (Å²) < 4.78 is 0. The van der Waals surface area contributed by atoms with E-state index >= 15 is 0 Å². The Morgan fingerprint density at radius 3 is 2.71 bits per heavy atom. The molecule has 1 saturated heterocycles. The highest BCUT2D eigenvalue weighted by molar-refractivity contribution is 5.26. The molecule has 21 heavy (non-hydrogen) atoms. The average Bonchev–Trinajstić information content (AvgIpc) is 2.54. The lowest BCUT2D eigenvalue weighted by Gasteiger charge is -2.42. The van der Waals surface area contributed by atoms with Gasteiger partial charge in [0, 0.05) is 24.5 Å². The number of nitrogens with one attached hydrogen (secondary N) is 1. The van der Waals surface area contributed by atoms with E-state index in [2.05, 4.69) is 54.4 Å². The number of hydrogen-bond donors (Lipinski definition) is 2. The normalized spacial score (nSPS) is 22.9. The van der Waals surface area contributed by atoms with E-state index in [0.29, 0.717) is 6.04 Å². The third kappa shape index (κ3) is 4.29. The van der Waals surface area contributed by atoms with Crippen LogP contribution in [0.15, 0.2) is 30.3 Å². The Morgan fingerprint density at radius 2 is 2.05 bits per heavy atom. The lowest BCUT2D eigenvalue weighted by molar-refractivity contribution is 0.0707. The predicted octanol–water partition coefficient (Wildman–Crippen LogP) is 2.40. The van der Waals surface area contributed by atoms with Gasteiger partial charge >= 0.3 is 0 Å². The number of rotatable bonds is 7. The number of nitrogens with zero attached hydrogens (tertiary/aromatic N) is 1. The van der Waals surface area contributed by atoms with E-state index in [0.717, 1.165) is 32.6 Å². The molecule has 1 aromatic carbocycles. The largest absolute Gasteiger partial charge is 0.395 e. The molecule has 2 unspecified atom stereocenters. The van der Waals surface area contributed by atoms with Gasteiger partial charge in [-0.3, -0.25) is 4.90 Å². The molecule has 1 heterocycles. The topological polar surface area (TPSA) is 35.5 Å². The zero-order valence-electron chi connectivity index (χ0n) is 13.5. The molecule has 1 aliphatic rings. The van der Waals surface area contributed by atoms with Crippen LogP contribution in [0.4, 0.5) is 0 Å². The average molecular weight is 290 g/mol. The van der Waals surface area contributed by atoms with Crippen molar-refractivity contribution in [1.29, 1.82) is 0 Å². The summed E-state index contributed by atoms with van der Waals surface area (Å²) in [6.07, 6.45) is 3.63. The maximum absolute atomic E-state index is 9.65. The van der Waals surface area contributed by atoms with Gasteiger partial charge in [-0.1, -0.05) is 50.6 Å². The molecule has 1 aromatic rings. The fourth-order valence-electron chi connectivity index (χ4n) is 3.41. The molecule has 2 atom stereocenters. The number of aliphatic hydroxyl groups is 1. The molecule has 0 amide bonds. The molecule has 0 spiro atoms. The van der Waals surface area contributed by atoms with Gasteiger partial charge < -0.3 is 10.4 Å². The highest BCUT2D eigenvalue weighted by Gasteiger charge is 2.32. The number of benzene rings is 1. The third-order valence-corrected chi connectivity index (χ3v) is 4.75. The lowest BCUT2D eigenvalue weighted by atomic mass is 9.80. The molecule has 0 bridgehead atoms. The van der Waals surface area contributed by atoms with E-state index in [4.69, 9.17) is 0 Å². The number of aliphatic hydroxyl groups excluding tert-OH is 1. The summed E-state index contributed by atoms with van der Waals surface area (Å²) in [5, 5.41) is 13.2. The first-order valence-electron chi connectivity index (χ1n) is 8.31. The number of likely N-dealkylation sites (tertiary alicyclic amines) is 1. The minimum Gasteiger partial charge on any atom is -0.395 e. The highest BCUT2D eigenvalue weighted by Crippen LogP contribution is 2.28. The summed E-state index contributed by atoms with van der Waals surface area (Å²) in [7, 11) is 0. The fraction of sp³-hybridized carbons (Fsp3) is 0.667. The molecule has 118 valence electrons. The smallest absolute Gasteiger partial charge is 0.0586 e. The second-order valence-corrected chi connectivity index (χ2v) is 6.51. The van der Waals surface area contributed by atoms with Crippen molar-refractivity contribution in [3.8, 4) is 0 Å². The quantitative estimate of drug-likeness (QED) is 0.809. The van der Waals surface area contributed by atoms with Gasteiger partial charge in [0.05, 0.1) is 6.61 Å². The Morgan fingerprint density at radius 1 is 1.29 bits per heavy atom. The molecule has 3 nitrogen and oxygen atoms in total. The van der Waals surface area contributed by atoms with Gasteiger partial charge in [0.1, 0.15) is 0 Å². The minimum atomic E-state index is 0.0853. The van der Waals surface area contributed by atoms with Crippen LogP contribution in [0.5, 0.6) is 0 Å². The van der Waals surface area contributed by atoms with E-state index in [1.54, 1.807) is 0 Å². The zero-order chi connectivity index (χ0) is 15.1. The van der Waals surface area contributed by atoms with E-state index in [9.17, 15) is 5.11 Å². The monoisotopic (exact) mass is 290 g/mol. The summed E-state index contributed by atoms with van der Waals surface area (Å²) in [6.45, 7) is 8.87. The van der Waals surface area contributed by atoms with Crippen molar-refractivity contribution in [2.45, 2.75) is 44.6 Å². The predicted molar refractivity (Wildman–Crippen MR) is 88.6 cm³/mol. The lowest BCUT2D eigenvalue weighted by Crippen LogP contribution is -2.51. The Hall–Kier alpha value is -0.900. The zero-order valence-corrected chi connectivity index (χ0v) is 13.5. The molecular formula is C18H30N2O. The number of likely N-dealkylation sites (N-methyl/N-ethyl adjacent to an activating group) is 1. The molecule has 0 aromatic heterocycles. The molecule has 3 heteroatoms. The minimum absolute atomic E-state index is 0.0853. The molecule has 0 radical (unpaired) electrons. The van der Waals surface area contributed by atoms with Gasteiger partial charge in [-0.25, -0.2) is 0 Å².